The van der Waals surface area contributed by atoms with Crippen LogP contribution in [-0.2, 0) is 6.54 Å². The molecule has 1 aliphatic carbocycles. The monoisotopic (exact) mass is 338 g/mol. The summed E-state index contributed by atoms with van der Waals surface area (Å²) in [5.74, 6) is 1.08. The van der Waals surface area contributed by atoms with E-state index in [2.05, 4.69) is 47.3 Å². The van der Waals surface area contributed by atoms with Crippen molar-refractivity contribution in [1.29, 1.82) is 0 Å². The van der Waals surface area contributed by atoms with Gasteiger partial charge in [0, 0.05) is 18.0 Å². The highest BCUT2D eigenvalue weighted by molar-refractivity contribution is 5.92. The molecule has 25 heavy (non-hydrogen) atoms. The van der Waals surface area contributed by atoms with Gasteiger partial charge in [-0.05, 0) is 74.4 Å². The van der Waals surface area contributed by atoms with Gasteiger partial charge in [-0.3, -0.25) is 0 Å². The first kappa shape index (κ1) is 17.3. The Morgan fingerprint density at radius 1 is 1.20 bits per heavy atom. The first-order chi connectivity index (χ1) is 12.1. The molecule has 5 nitrogen and oxygen atoms in total. The van der Waals surface area contributed by atoms with Crippen molar-refractivity contribution in [3.05, 3.63) is 53.2 Å². The fourth-order valence-electron chi connectivity index (χ4n) is 3.20. The van der Waals surface area contributed by atoms with Gasteiger partial charge in [-0.25, -0.2) is 9.98 Å². The fourth-order valence-corrected chi connectivity index (χ4v) is 3.20. The zero-order valence-corrected chi connectivity index (χ0v) is 15.0. The molecule has 0 saturated heterocycles. The number of pyridine rings is 1. The maximum Gasteiger partial charge on any atom is 0.213 e. The van der Waals surface area contributed by atoms with E-state index < -0.39 is 0 Å². The van der Waals surface area contributed by atoms with Crippen molar-refractivity contribution >= 4 is 11.6 Å². The minimum Gasteiger partial charge on any atom is -0.474 e. The third-order valence-corrected chi connectivity index (χ3v) is 4.31. The summed E-state index contributed by atoms with van der Waals surface area (Å²) >= 11 is 0. The zero-order valence-electron chi connectivity index (χ0n) is 15.0. The molecule has 2 aromatic rings. The standard InChI is InChI=1S/C20H26N4O/c1-14-9-15(2)11-17(10-14)24-20(21)23-13-16-7-8-22-19(12-16)25-18-5-3-4-6-18/h7-12,18H,3-6,13H2,1-2H3,(H3,21,23,24). The third-order valence-electron chi connectivity index (χ3n) is 4.31. The van der Waals surface area contributed by atoms with Gasteiger partial charge in [0.15, 0.2) is 5.96 Å². The number of hydrogen-bond acceptors (Lipinski definition) is 3. The number of hydrogen-bond donors (Lipinski definition) is 2. The van der Waals surface area contributed by atoms with Crippen LogP contribution in [0.15, 0.2) is 41.5 Å². The number of ether oxygens (including phenoxy) is 1. The lowest BCUT2D eigenvalue weighted by molar-refractivity contribution is 0.201. The van der Waals surface area contributed by atoms with Crippen LogP contribution >= 0.6 is 0 Å². The average Bonchev–Trinajstić information content (AvgIpc) is 3.05. The van der Waals surface area contributed by atoms with Crippen molar-refractivity contribution < 1.29 is 4.74 Å². The highest BCUT2D eigenvalue weighted by Gasteiger charge is 2.16. The summed E-state index contributed by atoms with van der Waals surface area (Å²) in [5.41, 5.74) is 10.4. The zero-order chi connectivity index (χ0) is 17.6. The number of guanidine groups is 1. The molecule has 1 aromatic carbocycles. The van der Waals surface area contributed by atoms with Gasteiger partial charge in [-0.1, -0.05) is 6.07 Å². The van der Waals surface area contributed by atoms with Crippen LogP contribution in [0.1, 0.15) is 42.4 Å². The number of rotatable bonds is 5. The molecular weight excluding hydrogens is 312 g/mol. The molecule has 3 rings (SSSR count). The molecule has 0 bridgehead atoms. The summed E-state index contributed by atoms with van der Waals surface area (Å²) < 4.78 is 5.94. The minimum atomic E-state index is 0.308. The Labute approximate surface area is 149 Å². The van der Waals surface area contributed by atoms with Gasteiger partial charge in [-0.2, -0.15) is 0 Å². The first-order valence-corrected chi connectivity index (χ1v) is 8.85. The van der Waals surface area contributed by atoms with E-state index in [1.54, 1.807) is 6.20 Å². The van der Waals surface area contributed by atoms with Crippen molar-refractivity contribution in [2.75, 3.05) is 5.32 Å². The van der Waals surface area contributed by atoms with Crippen molar-refractivity contribution in [3.8, 4) is 5.88 Å². The first-order valence-electron chi connectivity index (χ1n) is 8.85. The summed E-state index contributed by atoms with van der Waals surface area (Å²) in [5, 5.41) is 3.15. The summed E-state index contributed by atoms with van der Waals surface area (Å²) in [4.78, 5) is 8.72. The van der Waals surface area contributed by atoms with Crippen LogP contribution in [0.3, 0.4) is 0 Å². The van der Waals surface area contributed by atoms with E-state index in [1.807, 2.05) is 12.1 Å². The minimum absolute atomic E-state index is 0.308. The van der Waals surface area contributed by atoms with Crippen LogP contribution in [0.5, 0.6) is 5.88 Å². The second-order valence-corrected chi connectivity index (χ2v) is 6.73. The maximum atomic E-state index is 6.02. The van der Waals surface area contributed by atoms with E-state index in [0.717, 1.165) is 24.1 Å². The largest absolute Gasteiger partial charge is 0.474 e. The number of nitrogens with one attached hydrogen (secondary N) is 1. The van der Waals surface area contributed by atoms with Gasteiger partial charge in [0.1, 0.15) is 6.10 Å². The van der Waals surface area contributed by atoms with E-state index in [-0.39, 0.29) is 0 Å². The third kappa shape index (κ3) is 5.21. The van der Waals surface area contributed by atoms with Crippen molar-refractivity contribution in [1.82, 2.24) is 4.98 Å². The van der Waals surface area contributed by atoms with Gasteiger partial charge in [-0.15, -0.1) is 0 Å². The second-order valence-electron chi connectivity index (χ2n) is 6.73. The van der Waals surface area contributed by atoms with Crippen LogP contribution in [0.25, 0.3) is 0 Å². The molecule has 1 saturated carbocycles. The number of anilines is 1. The normalized spacial score (nSPS) is 15.4. The topological polar surface area (TPSA) is 72.5 Å². The Bertz CT molecular complexity index is 731. The summed E-state index contributed by atoms with van der Waals surface area (Å²) in [6.07, 6.45) is 6.81. The predicted octanol–water partition coefficient (Wildman–Crippen LogP) is 3.95. The molecule has 0 spiro atoms. The number of benzene rings is 1. The molecule has 0 atom stereocenters. The van der Waals surface area contributed by atoms with Crippen molar-refractivity contribution in [2.24, 2.45) is 10.7 Å². The van der Waals surface area contributed by atoms with E-state index in [9.17, 15) is 0 Å². The molecule has 3 N–H and O–H groups in total. The van der Waals surface area contributed by atoms with Gasteiger partial charge in [0.25, 0.3) is 0 Å². The van der Waals surface area contributed by atoms with Crippen LogP contribution in [-0.4, -0.2) is 17.0 Å². The van der Waals surface area contributed by atoms with Gasteiger partial charge in [0.05, 0.1) is 6.54 Å². The fraction of sp³-hybridized carbons (Fsp3) is 0.400. The van der Waals surface area contributed by atoms with E-state index in [1.165, 1.54) is 24.0 Å². The molecule has 1 fully saturated rings. The maximum absolute atomic E-state index is 6.02. The van der Waals surface area contributed by atoms with Crippen LogP contribution in [0, 0.1) is 13.8 Å². The highest BCUT2D eigenvalue weighted by atomic mass is 16.5. The van der Waals surface area contributed by atoms with Crippen molar-refractivity contribution in [2.45, 2.75) is 52.2 Å². The Balaban J connectivity index is 1.60. The number of nitrogens with zero attached hydrogens (tertiary/aromatic N) is 2. The molecule has 0 amide bonds. The van der Waals surface area contributed by atoms with E-state index in [0.29, 0.717) is 24.5 Å². The van der Waals surface area contributed by atoms with Crippen LogP contribution in [0.2, 0.25) is 0 Å². The smallest absolute Gasteiger partial charge is 0.213 e. The molecule has 1 heterocycles. The number of aromatic nitrogens is 1. The molecule has 0 radical (unpaired) electrons. The second kappa shape index (κ2) is 8.01. The van der Waals surface area contributed by atoms with Crippen molar-refractivity contribution in [3.63, 3.8) is 0 Å². The quantitative estimate of drug-likeness (QED) is 0.639. The molecular formula is C20H26N4O. The summed E-state index contributed by atoms with van der Waals surface area (Å²) in [6, 6.07) is 10.1. The molecule has 132 valence electrons. The highest BCUT2D eigenvalue weighted by Crippen LogP contribution is 2.23. The molecule has 5 heteroatoms. The Morgan fingerprint density at radius 2 is 1.92 bits per heavy atom. The lowest BCUT2D eigenvalue weighted by Gasteiger charge is -2.12. The van der Waals surface area contributed by atoms with Crippen LogP contribution < -0.4 is 15.8 Å². The Morgan fingerprint density at radius 3 is 2.64 bits per heavy atom. The lowest BCUT2D eigenvalue weighted by Crippen LogP contribution is -2.22. The Kier molecular flexibility index (Phi) is 5.53. The summed E-state index contributed by atoms with van der Waals surface area (Å²) in [7, 11) is 0. The molecule has 1 aliphatic rings. The molecule has 0 aliphatic heterocycles. The number of aryl methyl sites for hydroxylation is 2. The van der Waals surface area contributed by atoms with E-state index >= 15 is 0 Å². The Hall–Kier alpha value is -2.56. The predicted molar refractivity (Wildman–Crippen MR) is 102 cm³/mol. The van der Waals surface area contributed by atoms with Gasteiger partial charge < -0.3 is 15.8 Å². The number of aliphatic imine (C=N–C) groups is 1. The summed E-state index contributed by atoms with van der Waals surface area (Å²) in [6.45, 7) is 4.62. The SMILES string of the molecule is Cc1cc(C)cc(NC(N)=NCc2ccnc(OC3CCCC3)c2)c1. The van der Waals surface area contributed by atoms with Crippen LogP contribution in [0.4, 0.5) is 5.69 Å². The molecule has 1 aromatic heterocycles. The number of nitrogens with two attached hydrogens (primary N) is 1. The average molecular weight is 338 g/mol. The molecule has 0 unspecified atom stereocenters. The van der Waals surface area contributed by atoms with E-state index in [4.69, 9.17) is 10.5 Å². The lowest BCUT2D eigenvalue weighted by atomic mass is 10.1. The van der Waals surface area contributed by atoms with Gasteiger partial charge in [0.2, 0.25) is 5.88 Å². The van der Waals surface area contributed by atoms with Gasteiger partial charge >= 0.3 is 0 Å².